The van der Waals surface area contributed by atoms with Crippen molar-refractivity contribution in [3.05, 3.63) is 69.5 Å². The number of rotatable bonds is 3. The molecular formula is C18H20N4O4. The van der Waals surface area contributed by atoms with Crippen molar-refractivity contribution in [2.24, 2.45) is 0 Å². The summed E-state index contributed by atoms with van der Waals surface area (Å²) < 4.78 is 0. The van der Waals surface area contributed by atoms with E-state index in [1.54, 1.807) is 33.0 Å². The largest absolute Gasteiger partial charge is 0.274 e. The lowest BCUT2D eigenvalue weighted by molar-refractivity contribution is -0.384. The summed E-state index contributed by atoms with van der Waals surface area (Å²) >= 11 is 0. The van der Waals surface area contributed by atoms with E-state index >= 15 is 0 Å². The number of nitrogens with one attached hydrogen (secondary N) is 1. The van der Waals surface area contributed by atoms with Gasteiger partial charge < -0.3 is 0 Å². The summed E-state index contributed by atoms with van der Waals surface area (Å²) in [6.07, 6.45) is 3.07. The molecule has 0 fully saturated rings. The highest BCUT2D eigenvalue weighted by atomic mass is 16.6. The molecule has 0 unspecified atom stereocenters. The van der Waals surface area contributed by atoms with E-state index in [4.69, 9.17) is 0 Å². The van der Waals surface area contributed by atoms with E-state index in [-0.39, 0.29) is 11.3 Å². The number of nitrogens with zero attached hydrogens (tertiary/aromatic N) is 3. The number of hydrazine groups is 1. The fourth-order valence-electron chi connectivity index (χ4n) is 2.22. The van der Waals surface area contributed by atoms with Crippen LogP contribution in [0, 0.1) is 17.0 Å². The van der Waals surface area contributed by atoms with Crippen LogP contribution in [0.15, 0.2) is 42.7 Å². The van der Waals surface area contributed by atoms with Gasteiger partial charge >= 0.3 is 0 Å². The van der Waals surface area contributed by atoms with E-state index in [0.29, 0.717) is 5.56 Å². The Hall–Kier alpha value is -3.29. The molecule has 2 aromatic rings. The maximum atomic E-state index is 12.8. The van der Waals surface area contributed by atoms with Crippen molar-refractivity contribution in [1.82, 2.24) is 15.4 Å². The van der Waals surface area contributed by atoms with Crippen molar-refractivity contribution in [3.63, 3.8) is 0 Å². The molecule has 1 N–H and O–H groups in total. The van der Waals surface area contributed by atoms with Crippen molar-refractivity contribution < 1.29 is 14.5 Å². The second-order valence-electron chi connectivity index (χ2n) is 6.81. The maximum Gasteiger partial charge on any atom is 0.274 e. The first kappa shape index (κ1) is 19.0. The highest BCUT2D eigenvalue weighted by Crippen LogP contribution is 2.17. The monoisotopic (exact) mass is 356 g/mol. The van der Waals surface area contributed by atoms with Crippen LogP contribution in [-0.4, -0.2) is 32.3 Å². The molecule has 1 aromatic carbocycles. The van der Waals surface area contributed by atoms with Crippen LogP contribution in [0.2, 0.25) is 0 Å². The molecule has 0 radical (unpaired) electrons. The van der Waals surface area contributed by atoms with Crippen LogP contribution in [0.1, 0.15) is 47.1 Å². The van der Waals surface area contributed by atoms with Gasteiger partial charge in [0.2, 0.25) is 0 Å². The minimum Gasteiger partial charge on any atom is -0.267 e. The first-order valence-electron chi connectivity index (χ1n) is 7.91. The molecule has 0 saturated heterocycles. The molecule has 0 saturated carbocycles. The number of hydrogen-bond acceptors (Lipinski definition) is 5. The molecule has 8 heteroatoms. The Balaban J connectivity index is 2.26. The number of aromatic nitrogens is 1. The van der Waals surface area contributed by atoms with E-state index in [0.717, 1.165) is 5.56 Å². The summed E-state index contributed by atoms with van der Waals surface area (Å²) in [5.41, 5.74) is 3.16. The summed E-state index contributed by atoms with van der Waals surface area (Å²) in [5.74, 6) is -0.937. The first-order chi connectivity index (χ1) is 12.1. The second kappa shape index (κ2) is 7.30. The topological polar surface area (TPSA) is 105 Å². The Kier molecular flexibility index (Phi) is 5.35. The number of amides is 2. The molecule has 0 aliphatic carbocycles. The van der Waals surface area contributed by atoms with E-state index < -0.39 is 22.3 Å². The summed E-state index contributed by atoms with van der Waals surface area (Å²) in [6.45, 7) is 7.17. The van der Waals surface area contributed by atoms with Gasteiger partial charge in [0.1, 0.15) is 0 Å². The molecular weight excluding hydrogens is 336 g/mol. The summed E-state index contributed by atoms with van der Waals surface area (Å²) in [5, 5.41) is 11.9. The zero-order valence-electron chi connectivity index (χ0n) is 15.0. The second-order valence-corrected chi connectivity index (χ2v) is 6.81. The molecule has 136 valence electrons. The van der Waals surface area contributed by atoms with Crippen LogP contribution in [0.3, 0.4) is 0 Å². The lowest BCUT2D eigenvalue weighted by atomic mass is 10.1. The molecule has 0 atom stereocenters. The normalized spacial score (nSPS) is 10.9. The van der Waals surface area contributed by atoms with Crippen molar-refractivity contribution in [3.8, 4) is 0 Å². The Bertz CT molecular complexity index is 841. The van der Waals surface area contributed by atoms with Gasteiger partial charge in [-0.05, 0) is 51.5 Å². The van der Waals surface area contributed by atoms with Gasteiger partial charge in [0.25, 0.3) is 17.5 Å². The summed E-state index contributed by atoms with van der Waals surface area (Å²) in [4.78, 5) is 39.5. The molecule has 0 aliphatic heterocycles. The highest BCUT2D eigenvalue weighted by Gasteiger charge is 2.30. The SMILES string of the molecule is Cc1cncc(C(=O)N(NC(=O)c2ccc([N+](=O)[O-])cc2)C(C)(C)C)c1. The van der Waals surface area contributed by atoms with E-state index in [1.165, 1.54) is 35.5 Å². The number of non-ortho nitro benzene ring substituents is 1. The third-order valence-electron chi connectivity index (χ3n) is 3.55. The van der Waals surface area contributed by atoms with Gasteiger partial charge in [0.05, 0.1) is 16.0 Å². The number of benzene rings is 1. The molecule has 1 heterocycles. The highest BCUT2D eigenvalue weighted by molar-refractivity contribution is 5.99. The molecule has 0 spiro atoms. The number of nitro groups is 1. The molecule has 2 amide bonds. The first-order valence-corrected chi connectivity index (χ1v) is 7.91. The smallest absolute Gasteiger partial charge is 0.267 e. The fourth-order valence-corrected chi connectivity index (χ4v) is 2.22. The lowest BCUT2D eigenvalue weighted by Gasteiger charge is -2.35. The molecule has 8 nitrogen and oxygen atoms in total. The van der Waals surface area contributed by atoms with Crippen LogP contribution >= 0.6 is 0 Å². The van der Waals surface area contributed by atoms with Crippen molar-refractivity contribution >= 4 is 17.5 Å². The minimum atomic E-state index is -0.697. The van der Waals surface area contributed by atoms with Gasteiger partial charge in [-0.3, -0.25) is 30.1 Å². The lowest BCUT2D eigenvalue weighted by Crippen LogP contribution is -2.55. The average molecular weight is 356 g/mol. The zero-order valence-corrected chi connectivity index (χ0v) is 15.0. The number of carbonyl (C=O) groups is 2. The number of nitro benzene ring substituents is 1. The zero-order chi connectivity index (χ0) is 19.5. The van der Waals surface area contributed by atoms with E-state index in [2.05, 4.69) is 10.4 Å². The third kappa shape index (κ3) is 4.41. The number of carbonyl (C=O) groups excluding carboxylic acids is 2. The van der Waals surface area contributed by atoms with Gasteiger partial charge in [-0.1, -0.05) is 0 Å². The van der Waals surface area contributed by atoms with E-state index in [1.807, 2.05) is 6.92 Å². The molecule has 0 aliphatic rings. The van der Waals surface area contributed by atoms with Gasteiger partial charge in [-0.15, -0.1) is 0 Å². The molecule has 0 bridgehead atoms. The van der Waals surface area contributed by atoms with Crippen LogP contribution in [0.25, 0.3) is 0 Å². The van der Waals surface area contributed by atoms with Gasteiger partial charge in [-0.25, -0.2) is 5.01 Å². The van der Waals surface area contributed by atoms with Gasteiger partial charge in [0.15, 0.2) is 0 Å². The molecule has 1 aromatic heterocycles. The van der Waals surface area contributed by atoms with E-state index in [9.17, 15) is 19.7 Å². The van der Waals surface area contributed by atoms with Crippen molar-refractivity contribution in [2.45, 2.75) is 33.2 Å². The van der Waals surface area contributed by atoms with Gasteiger partial charge in [0, 0.05) is 30.1 Å². The Morgan fingerprint density at radius 3 is 2.23 bits per heavy atom. The van der Waals surface area contributed by atoms with Crippen LogP contribution < -0.4 is 5.43 Å². The maximum absolute atomic E-state index is 12.8. The Morgan fingerprint density at radius 2 is 1.73 bits per heavy atom. The number of hydrogen-bond donors (Lipinski definition) is 1. The molecule has 2 rings (SSSR count). The van der Waals surface area contributed by atoms with Crippen LogP contribution in [-0.2, 0) is 0 Å². The summed E-state index contributed by atoms with van der Waals surface area (Å²) in [6, 6.07) is 6.84. The Labute approximate surface area is 151 Å². The standard InChI is InChI=1S/C18H20N4O4/c1-12-9-14(11-19-10-12)17(24)21(18(2,3)4)20-16(23)13-5-7-15(8-6-13)22(25)26/h5-11H,1-4H3,(H,20,23). The molecule has 26 heavy (non-hydrogen) atoms. The van der Waals surface area contributed by atoms with Crippen LogP contribution in [0.4, 0.5) is 5.69 Å². The third-order valence-corrected chi connectivity index (χ3v) is 3.55. The number of pyridine rings is 1. The average Bonchev–Trinajstić information content (AvgIpc) is 2.58. The summed E-state index contributed by atoms with van der Waals surface area (Å²) in [7, 11) is 0. The quantitative estimate of drug-likeness (QED) is 0.672. The minimum absolute atomic E-state index is 0.115. The predicted molar refractivity (Wildman–Crippen MR) is 95.5 cm³/mol. The van der Waals surface area contributed by atoms with Crippen molar-refractivity contribution in [1.29, 1.82) is 0 Å². The Morgan fingerprint density at radius 1 is 1.12 bits per heavy atom. The van der Waals surface area contributed by atoms with Gasteiger partial charge in [-0.2, -0.15) is 0 Å². The number of aryl methyl sites for hydroxylation is 1. The van der Waals surface area contributed by atoms with Crippen molar-refractivity contribution in [2.75, 3.05) is 0 Å². The predicted octanol–water partition coefficient (Wildman–Crippen LogP) is 2.88. The fraction of sp³-hybridized carbons (Fsp3) is 0.278. The van der Waals surface area contributed by atoms with Crippen LogP contribution in [0.5, 0.6) is 0 Å².